The van der Waals surface area contributed by atoms with E-state index >= 15 is 0 Å². The summed E-state index contributed by atoms with van der Waals surface area (Å²) in [5.74, 6) is 0.329. The van der Waals surface area contributed by atoms with E-state index in [0.717, 1.165) is 23.9 Å². The van der Waals surface area contributed by atoms with Crippen molar-refractivity contribution >= 4 is 28.5 Å². The molecule has 0 aromatic carbocycles. The fourth-order valence-electron chi connectivity index (χ4n) is 0.988. The maximum absolute atomic E-state index is 10.9. The molecule has 0 saturated carbocycles. The zero-order valence-electron chi connectivity index (χ0n) is 5.27. The fourth-order valence-corrected chi connectivity index (χ4v) is 1.71. The molecule has 0 aromatic heterocycles. The average molecular weight is 239 g/mol. The summed E-state index contributed by atoms with van der Waals surface area (Å²) in [6, 6.07) is 0. The molecule has 1 rings (SSSR count). The topological polar surface area (TPSA) is 20.3 Å². The second-order valence-corrected chi connectivity index (χ2v) is 2.92. The number of alkyl halides is 1. The van der Waals surface area contributed by atoms with Crippen molar-refractivity contribution in [3.8, 4) is 0 Å². The van der Waals surface area contributed by atoms with Gasteiger partial charge < -0.3 is 4.90 Å². The van der Waals surface area contributed by atoms with Crippen LogP contribution < -0.4 is 0 Å². The quantitative estimate of drug-likeness (QED) is 0.384. The molecule has 52 valence electrons. The molecule has 3 heteroatoms. The van der Waals surface area contributed by atoms with Crippen LogP contribution in [-0.2, 0) is 4.79 Å². The first-order valence-corrected chi connectivity index (χ1v) is 4.71. The van der Waals surface area contributed by atoms with E-state index in [0.29, 0.717) is 5.91 Å². The normalized spacial score (nSPS) is 20.6. The third-order valence-corrected chi connectivity index (χ3v) is 2.39. The maximum Gasteiger partial charge on any atom is 0.223 e. The zero-order valence-corrected chi connectivity index (χ0v) is 7.43. The molecular formula is C6H10INO. The fraction of sp³-hybridized carbons (Fsp3) is 0.833. The highest BCUT2D eigenvalue weighted by Crippen LogP contribution is 2.10. The van der Waals surface area contributed by atoms with E-state index in [-0.39, 0.29) is 0 Å². The van der Waals surface area contributed by atoms with Gasteiger partial charge in [-0.05, 0) is 12.8 Å². The minimum Gasteiger partial charge on any atom is -0.334 e. The third-order valence-electron chi connectivity index (χ3n) is 1.57. The molecule has 0 aromatic rings. The highest BCUT2D eigenvalue weighted by Gasteiger charge is 2.15. The van der Waals surface area contributed by atoms with Gasteiger partial charge in [-0.2, -0.15) is 0 Å². The molecule has 1 aliphatic heterocycles. The van der Waals surface area contributed by atoms with Crippen molar-refractivity contribution in [3.05, 3.63) is 0 Å². The molecule has 2 nitrogen and oxygen atoms in total. The molecule has 1 fully saturated rings. The lowest BCUT2D eigenvalue weighted by atomic mass is 10.1. The van der Waals surface area contributed by atoms with Crippen molar-refractivity contribution in [3.63, 3.8) is 0 Å². The molecule has 9 heavy (non-hydrogen) atoms. The number of rotatable bonds is 1. The van der Waals surface area contributed by atoms with Crippen LogP contribution in [0.4, 0.5) is 0 Å². The number of halogens is 1. The standard InChI is InChI=1S/C6H10INO/c7-5-8-4-2-1-3-6(8)9/h1-5H2. The first-order chi connectivity index (χ1) is 4.34. The maximum atomic E-state index is 10.9. The minimum atomic E-state index is 0.329. The van der Waals surface area contributed by atoms with Crippen LogP contribution in [0.3, 0.4) is 0 Å². The molecule has 0 atom stereocenters. The molecule has 1 heterocycles. The van der Waals surface area contributed by atoms with Crippen LogP contribution in [0.1, 0.15) is 19.3 Å². The second kappa shape index (κ2) is 3.39. The summed E-state index contributed by atoms with van der Waals surface area (Å²) in [5, 5.41) is 0. The number of hydrogen-bond acceptors (Lipinski definition) is 1. The summed E-state index contributed by atoms with van der Waals surface area (Å²) >= 11 is 2.23. The first-order valence-electron chi connectivity index (χ1n) is 3.18. The molecule has 0 aliphatic carbocycles. The van der Waals surface area contributed by atoms with E-state index in [1.54, 1.807) is 0 Å². The lowest BCUT2D eigenvalue weighted by Gasteiger charge is -2.23. The highest BCUT2D eigenvalue weighted by molar-refractivity contribution is 14.1. The van der Waals surface area contributed by atoms with Crippen LogP contribution in [-0.4, -0.2) is 21.9 Å². The van der Waals surface area contributed by atoms with Crippen LogP contribution in [0.2, 0.25) is 0 Å². The van der Waals surface area contributed by atoms with E-state index in [4.69, 9.17) is 0 Å². The van der Waals surface area contributed by atoms with Crippen molar-refractivity contribution < 1.29 is 4.79 Å². The van der Waals surface area contributed by atoms with E-state index in [2.05, 4.69) is 22.6 Å². The van der Waals surface area contributed by atoms with Gasteiger partial charge in [-0.1, -0.05) is 22.6 Å². The van der Waals surface area contributed by atoms with Crippen molar-refractivity contribution in [2.45, 2.75) is 19.3 Å². The Morgan fingerprint density at radius 2 is 2.33 bits per heavy atom. The molecule has 1 aliphatic rings. The predicted molar refractivity (Wildman–Crippen MR) is 44.5 cm³/mol. The number of carbonyl (C=O) groups excluding carboxylic acids is 1. The monoisotopic (exact) mass is 239 g/mol. The summed E-state index contributed by atoms with van der Waals surface area (Å²) in [4.78, 5) is 12.9. The van der Waals surface area contributed by atoms with Crippen LogP contribution in [0.25, 0.3) is 0 Å². The van der Waals surface area contributed by atoms with Gasteiger partial charge in [0.25, 0.3) is 0 Å². The smallest absolute Gasteiger partial charge is 0.223 e. The highest BCUT2D eigenvalue weighted by atomic mass is 127. The number of nitrogens with zero attached hydrogens (tertiary/aromatic N) is 1. The summed E-state index contributed by atoms with van der Waals surface area (Å²) < 4.78 is 0.858. The van der Waals surface area contributed by atoms with Crippen LogP contribution in [0.15, 0.2) is 0 Å². The summed E-state index contributed by atoms with van der Waals surface area (Å²) in [6.07, 6.45) is 3.05. The number of amides is 1. The van der Waals surface area contributed by atoms with E-state index in [1.165, 1.54) is 6.42 Å². The van der Waals surface area contributed by atoms with Crippen LogP contribution in [0, 0.1) is 0 Å². The lowest BCUT2D eigenvalue weighted by Crippen LogP contribution is -2.33. The molecule has 0 bridgehead atoms. The molecule has 0 unspecified atom stereocenters. The number of likely N-dealkylation sites (tertiary alicyclic amines) is 1. The Labute approximate surface area is 68.7 Å². The van der Waals surface area contributed by atoms with Gasteiger partial charge in [-0.15, -0.1) is 0 Å². The van der Waals surface area contributed by atoms with Gasteiger partial charge in [0.2, 0.25) is 5.91 Å². The SMILES string of the molecule is O=C1CCCCN1CI. The van der Waals surface area contributed by atoms with Crippen LogP contribution >= 0.6 is 22.6 Å². The molecule has 1 amide bonds. The summed E-state index contributed by atoms with van der Waals surface area (Å²) in [7, 11) is 0. The van der Waals surface area contributed by atoms with Gasteiger partial charge in [0.05, 0.1) is 4.55 Å². The lowest BCUT2D eigenvalue weighted by molar-refractivity contribution is -0.131. The van der Waals surface area contributed by atoms with Crippen molar-refractivity contribution in [1.82, 2.24) is 4.90 Å². The third kappa shape index (κ3) is 1.81. The van der Waals surface area contributed by atoms with Gasteiger partial charge in [0, 0.05) is 13.0 Å². The Balaban J connectivity index is 2.39. The Kier molecular flexibility index (Phi) is 2.75. The largest absolute Gasteiger partial charge is 0.334 e. The van der Waals surface area contributed by atoms with Crippen molar-refractivity contribution in [2.24, 2.45) is 0 Å². The zero-order chi connectivity index (χ0) is 6.69. The average Bonchev–Trinajstić information content (AvgIpc) is 1.89. The van der Waals surface area contributed by atoms with Gasteiger partial charge in [-0.3, -0.25) is 4.79 Å². The Morgan fingerprint density at radius 3 is 2.78 bits per heavy atom. The Morgan fingerprint density at radius 1 is 1.56 bits per heavy atom. The first kappa shape index (κ1) is 7.31. The van der Waals surface area contributed by atoms with Gasteiger partial charge in [0.1, 0.15) is 0 Å². The van der Waals surface area contributed by atoms with E-state index in [1.807, 2.05) is 4.90 Å². The van der Waals surface area contributed by atoms with Crippen LogP contribution in [0.5, 0.6) is 0 Å². The van der Waals surface area contributed by atoms with E-state index in [9.17, 15) is 4.79 Å². The second-order valence-electron chi connectivity index (χ2n) is 2.23. The molecule has 1 saturated heterocycles. The van der Waals surface area contributed by atoms with Gasteiger partial charge in [-0.25, -0.2) is 0 Å². The predicted octanol–water partition coefficient (Wildman–Crippen LogP) is 1.39. The molecule has 0 radical (unpaired) electrons. The van der Waals surface area contributed by atoms with E-state index < -0.39 is 0 Å². The Hall–Kier alpha value is 0.200. The number of hydrogen-bond donors (Lipinski definition) is 0. The number of piperidine rings is 1. The molecule has 0 N–H and O–H groups in total. The summed E-state index contributed by atoms with van der Waals surface area (Å²) in [6.45, 7) is 0.974. The van der Waals surface area contributed by atoms with Gasteiger partial charge >= 0.3 is 0 Å². The molecular weight excluding hydrogens is 229 g/mol. The van der Waals surface area contributed by atoms with Gasteiger partial charge in [0.15, 0.2) is 0 Å². The van der Waals surface area contributed by atoms with Crippen molar-refractivity contribution in [1.29, 1.82) is 0 Å². The number of carbonyl (C=O) groups is 1. The molecule has 0 spiro atoms. The Bertz CT molecular complexity index is 116. The van der Waals surface area contributed by atoms with Crippen molar-refractivity contribution in [2.75, 3.05) is 11.1 Å². The minimum absolute atomic E-state index is 0.329. The summed E-state index contributed by atoms with van der Waals surface area (Å²) in [5.41, 5.74) is 0.